The molecule has 1 N–H and O–H groups in total. The van der Waals surface area contributed by atoms with Crippen LogP contribution in [-0.4, -0.2) is 94.8 Å². The number of rotatable bonds is 6. The zero-order valence-corrected chi connectivity index (χ0v) is 22.0. The number of nitrogens with one attached hydrogen (secondary N) is 1. The number of pyridine rings is 1. The number of alkyl halides is 1. The molecule has 1 saturated heterocycles. The summed E-state index contributed by atoms with van der Waals surface area (Å²) in [6.07, 6.45) is 2.06. The summed E-state index contributed by atoms with van der Waals surface area (Å²) in [6.45, 7) is 0.939. The van der Waals surface area contributed by atoms with Gasteiger partial charge < -0.3 is 10.2 Å². The summed E-state index contributed by atoms with van der Waals surface area (Å²) in [7, 11) is 13.9. The highest BCUT2D eigenvalue weighted by Crippen LogP contribution is 2.48. The van der Waals surface area contributed by atoms with Gasteiger partial charge in [0.15, 0.2) is 0 Å². The number of piperidine rings is 1. The minimum atomic E-state index is -1.58. The molecule has 1 unspecified atom stereocenters. The lowest BCUT2D eigenvalue weighted by molar-refractivity contribution is 0.0183. The number of hydrogen-bond acceptors (Lipinski definition) is 3. The molecule has 2 aromatic rings. The van der Waals surface area contributed by atoms with Crippen molar-refractivity contribution >= 4 is 72.4 Å². The summed E-state index contributed by atoms with van der Waals surface area (Å²) in [6, 6.07) is 7.97. The van der Waals surface area contributed by atoms with E-state index < -0.39 is 22.0 Å². The number of nitrogens with zero attached hydrogens (tertiary/aromatic N) is 2. The molecular formula is C20H29B7ClF2N3O. The van der Waals surface area contributed by atoms with Crippen molar-refractivity contribution in [1.82, 2.24) is 15.2 Å². The molecule has 1 aliphatic rings. The number of hydrogen-bond donors (Lipinski definition) is 1. The summed E-state index contributed by atoms with van der Waals surface area (Å²) in [4.78, 5) is 19.2. The van der Waals surface area contributed by atoms with Gasteiger partial charge in [0.25, 0.3) is 5.91 Å². The van der Waals surface area contributed by atoms with E-state index in [0.717, 1.165) is 11.3 Å². The van der Waals surface area contributed by atoms with Crippen LogP contribution < -0.4 is 5.32 Å². The maximum absolute atomic E-state index is 16.7. The Morgan fingerprint density at radius 2 is 1.85 bits per heavy atom. The normalized spacial score (nSPS) is 20.7. The molecule has 2 heterocycles. The van der Waals surface area contributed by atoms with Crippen molar-refractivity contribution in [3.63, 3.8) is 0 Å². The maximum atomic E-state index is 16.7. The fourth-order valence-corrected chi connectivity index (χ4v) is 5.06. The topological polar surface area (TPSA) is 45.2 Å². The van der Waals surface area contributed by atoms with Gasteiger partial charge in [0, 0.05) is 31.4 Å². The number of likely N-dealkylation sites (tertiary alicyclic amines) is 1. The maximum Gasteiger partial charge on any atom is 0.253 e. The van der Waals surface area contributed by atoms with Gasteiger partial charge in [-0.25, -0.2) is 8.78 Å². The van der Waals surface area contributed by atoms with Crippen LogP contribution in [0, 0.1) is 5.82 Å². The minimum absolute atomic E-state index is 0.0237. The van der Waals surface area contributed by atoms with Crippen molar-refractivity contribution in [3.05, 3.63) is 64.2 Å². The average molecular weight is 477 g/mol. The molecule has 1 aromatic heterocycles. The van der Waals surface area contributed by atoms with Gasteiger partial charge in [-0.3, -0.25) is 9.78 Å². The van der Waals surface area contributed by atoms with Crippen molar-refractivity contribution in [2.45, 2.75) is 34.3 Å². The van der Waals surface area contributed by atoms with Crippen LogP contribution in [0.2, 0.25) is 10.2 Å². The van der Waals surface area contributed by atoms with Gasteiger partial charge in [0.05, 0.1) is 34.3 Å². The van der Waals surface area contributed by atoms with E-state index in [1.807, 2.05) is 43.6 Å². The molecule has 1 aromatic carbocycles. The van der Waals surface area contributed by atoms with Crippen molar-refractivity contribution in [3.8, 4) is 0 Å². The molecule has 1 fully saturated rings. The van der Waals surface area contributed by atoms with Gasteiger partial charge in [-0.15, -0.1) is 0 Å². The monoisotopic (exact) mass is 477 g/mol. The first-order chi connectivity index (χ1) is 15.6. The lowest BCUT2D eigenvalue weighted by Crippen LogP contribution is -2.71. The Balaban J connectivity index is 1.72. The Labute approximate surface area is 212 Å². The highest BCUT2D eigenvalue weighted by molar-refractivity contribution is 6.58. The van der Waals surface area contributed by atoms with Crippen LogP contribution in [-0.2, 0) is 11.7 Å². The van der Waals surface area contributed by atoms with Gasteiger partial charge in [-0.05, 0) is 46.8 Å². The van der Waals surface area contributed by atoms with E-state index in [2.05, 4.69) is 39.9 Å². The minimum Gasteiger partial charge on any atom is -0.339 e. The Hall–Kier alpha value is -1.60. The first-order valence-corrected chi connectivity index (χ1v) is 12.1. The van der Waals surface area contributed by atoms with Crippen LogP contribution in [0.15, 0.2) is 36.5 Å². The van der Waals surface area contributed by atoms with Crippen LogP contribution in [0.3, 0.4) is 0 Å². The Morgan fingerprint density at radius 3 is 2.38 bits per heavy atom. The molecular weight excluding hydrogens is 447 g/mol. The lowest BCUT2D eigenvalue weighted by Gasteiger charge is -2.56. The van der Waals surface area contributed by atoms with Gasteiger partial charge in [0.1, 0.15) is 42.9 Å². The summed E-state index contributed by atoms with van der Waals surface area (Å²) in [5.41, 5.74) is 0.722. The molecule has 34 heavy (non-hydrogen) atoms. The molecule has 0 bridgehead atoms. The van der Waals surface area contributed by atoms with Crippen LogP contribution in [0.1, 0.15) is 28.0 Å². The zero-order valence-electron chi connectivity index (χ0n) is 21.2. The second-order valence-corrected chi connectivity index (χ2v) is 12.0. The third kappa shape index (κ3) is 5.30. The fraction of sp³-hybridized carbons (Fsp3) is 0.400. The van der Waals surface area contributed by atoms with E-state index in [4.69, 9.17) is 11.6 Å². The summed E-state index contributed by atoms with van der Waals surface area (Å²) in [5, 5.41) is 1.62. The van der Waals surface area contributed by atoms with Gasteiger partial charge >= 0.3 is 0 Å². The second-order valence-electron chi connectivity index (χ2n) is 11.6. The highest BCUT2D eigenvalue weighted by atomic mass is 35.5. The molecule has 4 nitrogen and oxygen atoms in total. The highest BCUT2D eigenvalue weighted by Gasteiger charge is 2.57. The third-order valence-corrected chi connectivity index (χ3v) is 7.52. The number of benzene rings is 1. The zero-order chi connectivity index (χ0) is 25.5. The van der Waals surface area contributed by atoms with Crippen LogP contribution in [0.25, 0.3) is 0 Å². The first kappa shape index (κ1) is 27.0. The summed E-state index contributed by atoms with van der Waals surface area (Å²) in [5.74, 6) is -0.846. The number of carbonyl (C=O) groups is 1. The van der Waals surface area contributed by atoms with E-state index in [1.54, 1.807) is 4.90 Å². The van der Waals surface area contributed by atoms with E-state index in [9.17, 15) is 9.18 Å². The predicted octanol–water partition coefficient (Wildman–Crippen LogP) is -3.47. The predicted molar refractivity (Wildman–Crippen MR) is 154 cm³/mol. The average Bonchev–Trinajstić information content (AvgIpc) is 2.75. The van der Waals surface area contributed by atoms with Crippen molar-refractivity contribution in [2.75, 3.05) is 13.1 Å². The first-order valence-electron chi connectivity index (χ1n) is 11.7. The van der Waals surface area contributed by atoms with E-state index in [0.29, 0.717) is 12.1 Å². The molecule has 1 amide bonds. The number of halogens is 3. The van der Waals surface area contributed by atoms with Crippen LogP contribution in [0.4, 0.5) is 8.78 Å². The van der Waals surface area contributed by atoms with Gasteiger partial charge in [-0.2, -0.15) is 0 Å². The Morgan fingerprint density at radius 1 is 1.18 bits per heavy atom. The fourth-order valence-electron chi connectivity index (χ4n) is 4.88. The molecule has 0 radical (unpaired) electrons. The standard InChI is InChI=1S/C20H29B7ClF2N3O/c21-18(22)10-33(16(34)11-1-4-15(29)14(28)7-11)6-5-17(18,30)20(26,27)32-9-13-3-2-12(8-31-13)19(23,24)25/h1-4,7-8,32H,5-6,9-10,21-27H2. The van der Waals surface area contributed by atoms with Crippen LogP contribution in [0.5, 0.6) is 0 Å². The Bertz CT molecular complexity index is 1070. The van der Waals surface area contributed by atoms with Crippen molar-refractivity contribution in [2.24, 2.45) is 0 Å². The smallest absolute Gasteiger partial charge is 0.253 e. The summed E-state index contributed by atoms with van der Waals surface area (Å²) < 4.78 is 30.2. The largest absolute Gasteiger partial charge is 0.339 e. The molecule has 1 aliphatic heterocycles. The molecule has 1 atom stereocenters. The molecule has 3 rings (SSSR count). The number of carbonyl (C=O) groups excluding carboxylic acids is 1. The summed E-state index contributed by atoms with van der Waals surface area (Å²) >= 11 is 5.85. The number of aromatic nitrogens is 1. The van der Waals surface area contributed by atoms with Gasteiger partial charge in [0.2, 0.25) is 0 Å². The van der Waals surface area contributed by atoms with E-state index >= 15 is 4.39 Å². The Kier molecular flexibility index (Phi) is 7.51. The molecule has 0 spiro atoms. The second kappa shape index (κ2) is 9.46. The van der Waals surface area contributed by atoms with Crippen molar-refractivity contribution in [1.29, 1.82) is 0 Å². The lowest BCUT2D eigenvalue weighted by atomic mass is 9.35. The molecule has 14 heteroatoms. The van der Waals surface area contributed by atoms with Crippen molar-refractivity contribution < 1.29 is 13.6 Å². The van der Waals surface area contributed by atoms with Gasteiger partial charge in [-0.1, -0.05) is 22.8 Å². The third-order valence-electron chi connectivity index (χ3n) is 7.23. The van der Waals surface area contributed by atoms with E-state index in [1.165, 1.54) is 18.2 Å². The number of amides is 1. The quantitative estimate of drug-likeness (QED) is 0.441. The SMILES string of the molecule is BC(B)(B)c1ccc(CNC(B)(B)C2(F)CCN(C(=O)c3ccc(F)c(Cl)c3)CC2(B)B)nc1. The van der Waals surface area contributed by atoms with Crippen LogP contribution >= 0.6 is 11.6 Å². The molecule has 0 aliphatic carbocycles. The molecule has 0 saturated carbocycles. The van der Waals surface area contributed by atoms with E-state index in [-0.39, 0.29) is 35.6 Å². The molecule has 172 valence electrons.